The molecule has 0 spiro atoms. The van der Waals surface area contributed by atoms with Crippen molar-refractivity contribution in [2.75, 3.05) is 30.3 Å². The van der Waals surface area contributed by atoms with Crippen molar-refractivity contribution in [1.82, 2.24) is 19.8 Å². The minimum Gasteiger partial charge on any atom is -0.355 e. The van der Waals surface area contributed by atoms with Gasteiger partial charge in [-0.2, -0.15) is 5.10 Å². The zero-order valence-corrected chi connectivity index (χ0v) is 17.9. The molecular weight excluding hydrogens is 396 g/mol. The summed E-state index contributed by atoms with van der Waals surface area (Å²) in [4.78, 5) is 27.0. The highest BCUT2D eigenvalue weighted by Crippen LogP contribution is 2.24. The van der Waals surface area contributed by atoms with E-state index in [1.54, 1.807) is 22.9 Å². The summed E-state index contributed by atoms with van der Waals surface area (Å²) in [6, 6.07) is 6.96. The van der Waals surface area contributed by atoms with Crippen molar-refractivity contribution in [3.8, 4) is 11.3 Å². The zero-order chi connectivity index (χ0) is 22.0. The molecule has 2 amide bonds. The van der Waals surface area contributed by atoms with E-state index in [1.165, 1.54) is 0 Å². The summed E-state index contributed by atoms with van der Waals surface area (Å²) in [5, 5.41) is 13.9. The van der Waals surface area contributed by atoms with E-state index in [-0.39, 0.29) is 17.5 Å². The van der Waals surface area contributed by atoms with Gasteiger partial charge in [-0.15, -0.1) is 0 Å². The third-order valence-corrected chi connectivity index (χ3v) is 5.35. The summed E-state index contributed by atoms with van der Waals surface area (Å²) in [5.41, 5.74) is 3.97. The number of carbonyl (C=O) groups excluding carboxylic acids is 2. The van der Waals surface area contributed by atoms with E-state index in [4.69, 9.17) is 4.52 Å². The van der Waals surface area contributed by atoms with Crippen LogP contribution < -0.4 is 10.6 Å². The highest BCUT2D eigenvalue weighted by molar-refractivity contribution is 6.03. The molecule has 1 aliphatic heterocycles. The number of anilines is 2. The van der Waals surface area contributed by atoms with Gasteiger partial charge in [0.05, 0.1) is 17.8 Å². The van der Waals surface area contributed by atoms with E-state index >= 15 is 0 Å². The summed E-state index contributed by atoms with van der Waals surface area (Å²) in [7, 11) is 1.82. The Balaban J connectivity index is 1.39. The topological polar surface area (TPSA) is 105 Å². The molecule has 3 aromatic rings. The predicted octanol–water partition coefficient (Wildman–Crippen LogP) is 2.98. The number of nitrogens with zero attached hydrogens (tertiary/aromatic N) is 4. The van der Waals surface area contributed by atoms with Crippen LogP contribution in [-0.2, 0) is 11.8 Å². The van der Waals surface area contributed by atoms with Gasteiger partial charge in [0.25, 0.3) is 5.91 Å². The van der Waals surface area contributed by atoms with Crippen LogP contribution in [-0.4, -0.2) is 51.3 Å². The third kappa shape index (κ3) is 4.83. The van der Waals surface area contributed by atoms with E-state index in [0.29, 0.717) is 18.0 Å². The average Bonchev–Trinajstić information content (AvgIpc) is 3.45. The van der Waals surface area contributed by atoms with Crippen LogP contribution >= 0.6 is 0 Å². The minimum absolute atomic E-state index is 0.0254. The smallest absolute Gasteiger partial charge is 0.277 e. The van der Waals surface area contributed by atoms with Gasteiger partial charge < -0.3 is 15.2 Å². The molecule has 0 radical (unpaired) electrons. The molecule has 2 N–H and O–H groups in total. The van der Waals surface area contributed by atoms with Crippen LogP contribution in [0.15, 0.2) is 35.0 Å². The lowest BCUT2D eigenvalue weighted by Crippen LogP contribution is -2.31. The second-order valence-electron chi connectivity index (χ2n) is 7.89. The number of nitrogens with one attached hydrogen (secondary N) is 2. The fourth-order valence-corrected chi connectivity index (χ4v) is 3.76. The van der Waals surface area contributed by atoms with Gasteiger partial charge in [-0.25, -0.2) is 0 Å². The Morgan fingerprint density at radius 2 is 1.90 bits per heavy atom. The molecule has 0 unspecified atom stereocenters. The van der Waals surface area contributed by atoms with Gasteiger partial charge in [0, 0.05) is 30.7 Å². The van der Waals surface area contributed by atoms with Gasteiger partial charge >= 0.3 is 0 Å². The second-order valence-corrected chi connectivity index (χ2v) is 7.89. The van der Waals surface area contributed by atoms with E-state index < -0.39 is 0 Å². The summed E-state index contributed by atoms with van der Waals surface area (Å²) in [6.45, 7) is 6.11. The van der Waals surface area contributed by atoms with Crippen molar-refractivity contribution in [3.63, 3.8) is 0 Å². The number of carbonyl (C=O) groups is 2. The maximum atomic E-state index is 12.6. The van der Waals surface area contributed by atoms with E-state index in [2.05, 4.69) is 25.8 Å². The van der Waals surface area contributed by atoms with Crippen molar-refractivity contribution in [1.29, 1.82) is 0 Å². The predicted molar refractivity (Wildman–Crippen MR) is 117 cm³/mol. The van der Waals surface area contributed by atoms with Crippen LogP contribution in [0, 0.1) is 13.8 Å². The molecule has 1 saturated heterocycles. The maximum absolute atomic E-state index is 12.6. The summed E-state index contributed by atoms with van der Waals surface area (Å²) in [6.07, 6.45) is 4.11. The lowest BCUT2D eigenvalue weighted by Gasteiger charge is -2.15. The van der Waals surface area contributed by atoms with Gasteiger partial charge in [0.2, 0.25) is 5.91 Å². The number of aromatic nitrogens is 3. The number of hydrogen-bond acceptors (Lipinski definition) is 6. The number of benzene rings is 1. The van der Waals surface area contributed by atoms with Crippen LogP contribution in [0.3, 0.4) is 0 Å². The monoisotopic (exact) mass is 422 g/mol. The normalized spacial score (nSPS) is 14.0. The van der Waals surface area contributed by atoms with Gasteiger partial charge in [0.15, 0.2) is 11.5 Å². The minimum atomic E-state index is -0.373. The fourth-order valence-electron chi connectivity index (χ4n) is 3.76. The molecule has 0 aliphatic carbocycles. The van der Waals surface area contributed by atoms with E-state index in [0.717, 1.165) is 48.4 Å². The maximum Gasteiger partial charge on any atom is 0.277 e. The first-order chi connectivity index (χ1) is 14.9. The Labute approximate surface area is 180 Å². The lowest BCUT2D eigenvalue weighted by atomic mass is 10.1. The quantitative estimate of drug-likeness (QED) is 0.633. The highest BCUT2D eigenvalue weighted by atomic mass is 16.5. The standard InChI is InChI=1S/C22H26N6O3/c1-14-10-16(6-7-18(14)24-21(29)13-28-8-4-5-9-28)23-22(30)19-11-20(31-26-19)17-12-27(3)25-15(17)2/h6-7,10-12H,4-5,8-9,13H2,1-3H3,(H,23,30)(H,24,29). The Bertz CT molecular complexity index is 1110. The van der Waals surface area contributed by atoms with Crippen LogP contribution in [0.5, 0.6) is 0 Å². The summed E-state index contributed by atoms with van der Waals surface area (Å²) >= 11 is 0. The molecular formula is C22H26N6O3. The molecule has 1 aliphatic rings. The van der Waals surface area contributed by atoms with Crippen molar-refractivity contribution in [2.45, 2.75) is 26.7 Å². The van der Waals surface area contributed by atoms with Crippen molar-refractivity contribution in [2.24, 2.45) is 7.05 Å². The average molecular weight is 422 g/mol. The van der Waals surface area contributed by atoms with Crippen LogP contribution in [0.2, 0.25) is 0 Å². The number of amides is 2. The van der Waals surface area contributed by atoms with Gasteiger partial charge in [-0.05, 0) is 63.5 Å². The van der Waals surface area contributed by atoms with Gasteiger partial charge in [0.1, 0.15) is 0 Å². The molecule has 2 aromatic heterocycles. The number of rotatable bonds is 6. The van der Waals surface area contributed by atoms with Crippen LogP contribution in [0.4, 0.5) is 11.4 Å². The lowest BCUT2D eigenvalue weighted by molar-refractivity contribution is -0.117. The Morgan fingerprint density at radius 3 is 2.58 bits per heavy atom. The van der Waals surface area contributed by atoms with Crippen molar-refractivity contribution < 1.29 is 14.1 Å². The molecule has 0 saturated carbocycles. The van der Waals surface area contributed by atoms with E-state index in [1.807, 2.05) is 33.2 Å². The molecule has 9 heteroatoms. The molecule has 0 bridgehead atoms. The number of likely N-dealkylation sites (tertiary alicyclic amines) is 1. The number of hydrogen-bond donors (Lipinski definition) is 2. The van der Waals surface area contributed by atoms with Crippen molar-refractivity contribution >= 4 is 23.2 Å². The largest absolute Gasteiger partial charge is 0.355 e. The number of aryl methyl sites for hydroxylation is 3. The molecule has 162 valence electrons. The SMILES string of the molecule is Cc1cc(NC(=O)c2cc(-c3cn(C)nc3C)on2)ccc1NC(=O)CN1CCCC1. The summed E-state index contributed by atoms with van der Waals surface area (Å²) < 4.78 is 7.01. The highest BCUT2D eigenvalue weighted by Gasteiger charge is 2.18. The van der Waals surface area contributed by atoms with Gasteiger partial charge in [-0.3, -0.25) is 19.2 Å². The molecule has 4 rings (SSSR count). The second kappa shape index (κ2) is 8.73. The fraction of sp³-hybridized carbons (Fsp3) is 0.364. The van der Waals surface area contributed by atoms with E-state index in [9.17, 15) is 9.59 Å². The van der Waals surface area contributed by atoms with Crippen LogP contribution in [0.1, 0.15) is 34.6 Å². The molecule has 31 heavy (non-hydrogen) atoms. The first-order valence-electron chi connectivity index (χ1n) is 10.3. The third-order valence-electron chi connectivity index (χ3n) is 5.35. The molecule has 1 fully saturated rings. The van der Waals surface area contributed by atoms with Crippen molar-refractivity contribution in [3.05, 3.63) is 47.4 Å². The van der Waals surface area contributed by atoms with Gasteiger partial charge in [-0.1, -0.05) is 5.16 Å². The molecule has 9 nitrogen and oxygen atoms in total. The molecule has 3 heterocycles. The first-order valence-corrected chi connectivity index (χ1v) is 10.3. The molecule has 0 atom stereocenters. The Kier molecular flexibility index (Phi) is 5.85. The Hall–Kier alpha value is -3.46. The molecule has 1 aromatic carbocycles. The summed E-state index contributed by atoms with van der Waals surface area (Å²) in [5.74, 6) is 0.0902. The zero-order valence-electron chi connectivity index (χ0n) is 17.9. The first kappa shape index (κ1) is 20.8. The van der Waals surface area contributed by atoms with Crippen LogP contribution in [0.25, 0.3) is 11.3 Å². The Morgan fingerprint density at radius 1 is 1.13 bits per heavy atom.